The van der Waals surface area contributed by atoms with E-state index in [1.165, 1.54) is 16.9 Å². The quantitative estimate of drug-likeness (QED) is 0.264. The van der Waals surface area contributed by atoms with Crippen molar-refractivity contribution in [2.24, 2.45) is 5.92 Å². The van der Waals surface area contributed by atoms with Gasteiger partial charge in [-0.25, -0.2) is 9.59 Å². The van der Waals surface area contributed by atoms with Crippen LogP contribution >= 0.6 is 11.3 Å². The molecule has 2 bridgehead atoms. The minimum atomic E-state index is -1.53. The smallest absolute Gasteiger partial charge is 0.344 e. The van der Waals surface area contributed by atoms with Crippen LogP contribution in [0.2, 0.25) is 0 Å². The average Bonchev–Trinajstić information content (AvgIpc) is 3.74. The minimum Gasteiger partial charge on any atom is -1.00 e. The highest BCUT2D eigenvalue weighted by Crippen LogP contribution is 2.46. The molecule has 1 saturated carbocycles. The number of esters is 2. The maximum absolute atomic E-state index is 13.7. The monoisotopic (exact) mass is 671 g/mol. The number of halogens is 1. The predicted molar refractivity (Wildman–Crippen MR) is 162 cm³/mol. The van der Waals surface area contributed by atoms with Crippen molar-refractivity contribution >= 4 is 34.0 Å². The Morgan fingerprint density at radius 1 is 1.00 bits per heavy atom. The average molecular weight is 673 g/mol. The first-order valence-corrected chi connectivity index (χ1v) is 16.3. The van der Waals surface area contributed by atoms with E-state index in [1.807, 2.05) is 35.7 Å². The van der Waals surface area contributed by atoms with E-state index in [9.17, 15) is 14.7 Å². The van der Waals surface area contributed by atoms with Crippen molar-refractivity contribution < 1.29 is 50.4 Å². The molecule has 2 aromatic carbocycles. The highest BCUT2D eigenvalue weighted by atomic mass is 79.9. The summed E-state index contributed by atoms with van der Waals surface area (Å²) in [6.07, 6.45) is 7.59. The van der Waals surface area contributed by atoms with Gasteiger partial charge in [0.05, 0.1) is 25.7 Å². The topological polar surface area (TPSA) is 82.1 Å². The van der Waals surface area contributed by atoms with Gasteiger partial charge in [-0.05, 0) is 60.2 Å². The van der Waals surface area contributed by atoms with Crippen molar-refractivity contribution in [2.75, 3.05) is 20.3 Å². The van der Waals surface area contributed by atoms with E-state index in [4.69, 9.17) is 14.2 Å². The lowest BCUT2D eigenvalue weighted by molar-refractivity contribution is -0.961. The number of hydrogen-bond acceptors (Lipinski definition) is 7. The number of ether oxygens (including phenoxy) is 3. The zero-order valence-electron chi connectivity index (χ0n) is 25.0. The largest absolute Gasteiger partial charge is 1.00 e. The molecule has 232 valence electrons. The number of fused-ring (bicyclic) bond motifs is 3. The SMILES string of the molecule is CCOC(=O)COc1ccc2cc(C[N+]3(C)[C@@H]4CC[C@H]3C[C@H](OC(=O)C(O)(c3cccs3)C3CCCC3)C4)ccc2c1.[Br-]. The number of nitrogens with zero attached hydrogens (tertiary/aromatic N) is 1. The summed E-state index contributed by atoms with van der Waals surface area (Å²) in [5.74, 6) is -0.239. The molecule has 6 rings (SSSR count). The number of piperidine rings is 1. The molecule has 0 radical (unpaired) electrons. The van der Waals surface area contributed by atoms with E-state index in [2.05, 4.69) is 25.2 Å². The van der Waals surface area contributed by atoms with Crippen molar-refractivity contribution in [1.29, 1.82) is 0 Å². The minimum absolute atomic E-state index is 0. The first kappa shape index (κ1) is 31.9. The Kier molecular flexibility index (Phi) is 9.86. The van der Waals surface area contributed by atoms with E-state index in [1.54, 1.807) is 6.92 Å². The number of aliphatic hydroxyl groups is 1. The summed E-state index contributed by atoms with van der Waals surface area (Å²) in [6.45, 7) is 2.95. The van der Waals surface area contributed by atoms with Gasteiger partial charge in [-0.1, -0.05) is 37.1 Å². The molecule has 2 saturated heterocycles. The van der Waals surface area contributed by atoms with Gasteiger partial charge in [-0.2, -0.15) is 0 Å². The predicted octanol–water partition coefficient (Wildman–Crippen LogP) is 3.11. The standard InChI is InChI=1S/C34H42NO6S.BrH/c1-3-39-32(36)22-40-29-15-12-24-17-23(10-11-25(24)18-29)21-35(2)27-13-14-28(35)20-30(19-27)41-33(37)34(38,26-7-4-5-8-26)31-9-6-16-42-31;/h6,9-12,15-18,26-28,30,38H,3-5,7-8,13-14,19-22H2,1-2H3;1H/q+1;/p-1/t27-,28+,30-,34?,35?;. The highest BCUT2D eigenvalue weighted by Gasteiger charge is 2.54. The van der Waals surface area contributed by atoms with Gasteiger partial charge in [-0.15, -0.1) is 11.3 Å². The molecule has 0 spiro atoms. The summed E-state index contributed by atoms with van der Waals surface area (Å²) in [7, 11) is 2.36. The summed E-state index contributed by atoms with van der Waals surface area (Å²) in [6, 6.07) is 17.1. The van der Waals surface area contributed by atoms with Crippen LogP contribution in [0, 0.1) is 5.92 Å². The van der Waals surface area contributed by atoms with Gasteiger partial charge in [-0.3, -0.25) is 0 Å². The second-order valence-electron chi connectivity index (χ2n) is 12.6. The number of rotatable bonds is 10. The lowest BCUT2D eigenvalue weighted by Crippen LogP contribution is -3.00. The molecule has 2 aliphatic heterocycles. The van der Waals surface area contributed by atoms with Crippen LogP contribution in [0.1, 0.15) is 68.7 Å². The van der Waals surface area contributed by atoms with E-state index in [-0.39, 0.29) is 41.6 Å². The fourth-order valence-electron chi connectivity index (χ4n) is 7.80. The molecular formula is C34H42BrNO6S. The zero-order valence-corrected chi connectivity index (χ0v) is 27.4. The molecule has 0 amide bonds. The van der Waals surface area contributed by atoms with E-state index in [0.29, 0.717) is 29.3 Å². The highest BCUT2D eigenvalue weighted by molar-refractivity contribution is 7.10. The second kappa shape index (κ2) is 13.3. The molecule has 43 heavy (non-hydrogen) atoms. The van der Waals surface area contributed by atoms with Crippen LogP contribution in [0.3, 0.4) is 0 Å². The molecular weight excluding hydrogens is 630 g/mol. The summed E-state index contributed by atoms with van der Waals surface area (Å²) >= 11 is 1.45. The molecule has 5 atom stereocenters. The van der Waals surface area contributed by atoms with Crippen LogP contribution in [0.25, 0.3) is 10.8 Å². The Hall–Kier alpha value is -2.46. The van der Waals surface area contributed by atoms with Gasteiger partial charge >= 0.3 is 11.9 Å². The normalized spacial score (nSPS) is 26.4. The second-order valence-corrected chi connectivity index (χ2v) is 13.5. The molecule has 3 aliphatic rings. The number of hydrogen-bond donors (Lipinski definition) is 1. The summed E-state index contributed by atoms with van der Waals surface area (Å²) in [5, 5.41) is 15.9. The Balaban J connectivity index is 0.00000368. The molecule has 7 nitrogen and oxygen atoms in total. The molecule has 3 fully saturated rings. The van der Waals surface area contributed by atoms with E-state index < -0.39 is 11.6 Å². The van der Waals surface area contributed by atoms with Crippen molar-refractivity contribution in [3.63, 3.8) is 0 Å². The third-order valence-corrected chi connectivity index (χ3v) is 11.1. The number of thiophene rings is 1. The third kappa shape index (κ3) is 6.37. The summed E-state index contributed by atoms with van der Waals surface area (Å²) in [5.41, 5.74) is -0.250. The van der Waals surface area contributed by atoms with Crippen LogP contribution in [-0.4, -0.2) is 60.0 Å². The molecule has 9 heteroatoms. The van der Waals surface area contributed by atoms with E-state index >= 15 is 0 Å². The fraction of sp³-hybridized carbons (Fsp3) is 0.529. The molecule has 3 aromatic rings. The molecule has 1 aromatic heterocycles. The zero-order chi connectivity index (χ0) is 29.3. The lowest BCUT2D eigenvalue weighted by atomic mass is 9.84. The first-order chi connectivity index (χ1) is 20.3. The van der Waals surface area contributed by atoms with Crippen molar-refractivity contribution in [1.82, 2.24) is 0 Å². The van der Waals surface area contributed by atoms with Crippen LogP contribution in [0.4, 0.5) is 0 Å². The number of carbonyl (C=O) groups is 2. The van der Waals surface area contributed by atoms with Crippen molar-refractivity contribution in [2.45, 2.75) is 88.6 Å². The molecule has 1 N–H and O–H groups in total. The maximum atomic E-state index is 13.7. The molecule has 3 heterocycles. The van der Waals surface area contributed by atoms with E-state index in [0.717, 1.165) is 73.2 Å². The first-order valence-electron chi connectivity index (χ1n) is 15.4. The number of benzene rings is 2. The Bertz CT molecular complexity index is 1410. The van der Waals surface area contributed by atoms with Crippen LogP contribution < -0.4 is 21.7 Å². The molecule has 2 unspecified atom stereocenters. The van der Waals surface area contributed by atoms with Gasteiger partial charge in [0.1, 0.15) is 18.4 Å². The third-order valence-electron chi connectivity index (χ3n) is 10.1. The van der Waals surface area contributed by atoms with Crippen LogP contribution in [-0.2, 0) is 31.2 Å². The number of carbonyl (C=O) groups excluding carboxylic acids is 2. The van der Waals surface area contributed by atoms with Gasteiger partial charge in [0.2, 0.25) is 0 Å². The maximum Gasteiger partial charge on any atom is 0.344 e. The fourth-order valence-corrected chi connectivity index (χ4v) is 8.69. The van der Waals surface area contributed by atoms with Crippen LogP contribution in [0.5, 0.6) is 5.75 Å². The number of quaternary nitrogens is 1. The lowest BCUT2D eigenvalue weighted by Gasteiger charge is -2.47. The van der Waals surface area contributed by atoms with Crippen LogP contribution in [0.15, 0.2) is 53.9 Å². The van der Waals surface area contributed by atoms with Gasteiger partial charge < -0.3 is 40.8 Å². The van der Waals surface area contributed by atoms with Crippen molar-refractivity contribution in [3.8, 4) is 5.75 Å². The Morgan fingerprint density at radius 3 is 2.37 bits per heavy atom. The molecule has 1 aliphatic carbocycles. The van der Waals surface area contributed by atoms with Gasteiger partial charge in [0.25, 0.3) is 0 Å². The Labute approximate surface area is 268 Å². The van der Waals surface area contributed by atoms with Gasteiger partial charge in [0, 0.05) is 42.0 Å². The summed E-state index contributed by atoms with van der Waals surface area (Å²) < 4.78 is 17.7. The van der Waals surface area contributed by atoms with Gasteiger partial charge in [0.15, 0.2) is 12.2 Å². The summed E-state index contributed by atoms with van der Waals surface area (Å²) in [4.78, 5) is 26.0. The Morgan fingerprint density at radius 2 is 1.70 bits per heavy atom. The van der Waals surface area contributed by atoms with Crippen molar-refractivity contribution in [3.05, 3.63) is 64.4 Å².